The van der Waals surface area contributed by atoms with Crippen LogP contribution in [0.3, 0.4) is 0 Å². The molecule has 0 amide bonds. The van der Waals surface area contributed by atoms with Gasteiger partial charge in [0.1, 0.15) is 6.04 Å². The highest BCUT2D eigenvalue weighted by Gasteiger charge is 2.25. The summed E-state index contributed by atoms with van der Waals surface area (Å²) < 4.78 is 6.45. The lowest BCUT2D eigenvalue weighted by Gasteiger charge is -2.21. The van der Waals surface area contributed by atoms with Gasteiger partial charge in [-0.25, -0.2) is 4.79 Å². The third-order valence-electron chi connectivity index (χ3n) is 2.56. The average molecular weight is 237 g/mol. The number of esters is 1. The molecule has 0 bridgehead atoms. The molecule has 0 aliphatic carbocycles. The summed E-state index contributed by atoms with van der Waals surface area (Å²) in [6.45, 7) is 7.72. The lowest BCUT2D eigenvalue weighted by atomic mass is 10.0. The van der Waals surface area contributed by atoms with E-state index in [1.807, 2.05) is 26.8 Å². The fourth-order valence-corrected chi connectivity index (χ4v) is 1.75. The molecule has 0 N–H and O–H groups in total. The predicted molar refractivity (Wildman–Crippen MR) is 65.9 cm³/mol. The number of nitrogens with zero attached hydrogens (tertiary/aromatic N) is 1. The van der Waals surface area contributed by atoms with Crippen LogP contribution in [0.1, 0.15) is 32.4 Å². The Kier molecular flexibility index (Phi) is 4.49. The maximum absolute atomic E-state index is 11.8. The van der Waals surface area contributed by atoms with E-state index in [1.165, 1.54) is 10.6 Å². The zero-order chi connectivity index (χ0) is 13.0. The van der Waals surface area contributed by atoms with Gasteiger partial charge in [-0.15, -0.1) is 0 Å². The highest BCUT2D eigenvalue weighted by atomic mass is 16.5. The monoisotopic (exact) mass is 237 g/mol. The molecule has 1 unspecified atom stereocenters. The minimum atomic E-state index is -0.553. The van der Waals surface area contributed by atoms with E-state index in [1.54, 1.807) is 13.1 Å². The van der Waals surface area contributed by atoms with Crippen molar-refractivity contribution < 1.29 is 9.53 Å². The molecule has 0 saturated heterocycles. The van der Waals surface area contributed by atoms with Gasteiger partial charge in [-0.05, 0) is 31.4 Å². The van der Waals surface area contributed by atoms with Crippen molar-refractivity contribution in [1.82, 2.24) is 4.57 Å². The molecular formula is C13H19NO3. The number of aryl methyl sites for hydroxylation is 1. The van der Waals surface area contributed by atoms with E-state index in [0.29, 0.717) is 6.61 Å². The predicted octanol–water partition coefficient (Wildman–Crippen LogP) is 1.92. The van der Waals surface area contributed by atoms with Gasteiger partial charge < -0.3 is 9.30 Å². The smallest absolute Gasteiger partial charge is 0.329 e. The molecule has 0 fully saturated rings. The zero-order valence-corrected chi connectivity index (χ0v) is 10.8. The van der Waals surface area contributed by atoms with Gasteiger partial charge in [0.15, 0.2) is 0 Å². The molecule has 1 aromatic heterocycles. The highest BCUT2D eigenvalue weighted by Crippen LogP contribution is 2.17. The third kappa shape index (κ3) is 3.19. The largest absolute Gasteiger partial charge is 0.464 e. The number of carbonyl (C=O) groups is 1. The normalized spacial score (nSPS) is 12.5. The molecule has 0 spiro atoms. The molecule has 1 aromatic rings. The second kappa shape index (κ2) is 5.66. The van der Waals surface area contributed by atoms with Crippen molar-refractivity contribution in [3.8, 4) is 0 Å². The summed E-state index contributed by atoms with van der Waals surface area (Å²) in [5.74, 6) is -0.345. The number of rotatable bonds is 4. The van der Waals surface area contributed by atoms with Crippen molar-refractivity contribution in [3.05, 3.63) is 34.2 Å². The molecule has 0 aromatic carbocycles. The Morgan fingerprint density at radius 1 is 1.47 bits per heavy atom. The van der Waals surface area contributed by atoms with Crippen molar-refractivity contribution in [1.29, 1.82) is 0 Å². The molecule has 1 rings (SSSR count). The van der Waals surface area contributed by atoms with Crippen LogP contribution in [-0.4, -0.2) is 17.1 Å². The minimum Gasteiger partial charge on any atom is -0.464 e. The molecule has 1 atom stereocenters. The van der Waals surface area contributed by atoms with E-state index in [9.17, 15) is 9.59 Å². The first kappa shape index (κ1) is 13.5. The summed E-state index contributed by atoms with van der Waals surface area (Å²) in [5, 5.41) is 0. The maximum atomic E-state index is 11.8. The molecule has 17 heavy (non-hydrogen) atoms. The van der Waals surface area contributed by atoms with E-state index < -0.39 is 6.04 Å². The quantitative estimate of drug-likeness (QED) is 0.752. The van der Waals surface area contributed by atoms with Gasteiger partial charge in [-0.3, -0.25) is 4.79 Å². The van der Waals surface area contributed by atoms with E-state index in [0.717, 1.165) is 5.56 Å². The van der Waals surface area contributed by atoms with E-state index >= 15 is 0 Å². The number of carbonyl (C=O) groups excluding carboxylic acids is 1. The van der Waals surface area contributed by atoms with Gasteiger partial charge in [0.05, 0.1) is 6.61 Å². The zero-order valence-electron chi connectivity index (χ0n) is 10.8. The number of hydrogen-bond donors (Lipinski definition) is 0. The molecular weight excluding hydrogens is 218 g/mol. The Balaban J connectivity index is 3.14. The van der Waals surface area contributed by atoms with Gasteiger partial charge >= 0.3 is 5.97 Å². The summed E-state index contributed by atoms with van der Waals surface area (Å²) in [5.41, 5.74) is 0.717. The van der Waals surface area contributed by atoms with Gasteiger partial charge in [0, 0.05) is 12.3 Å². The van der Waals surface area contributed by atoms with Gasteiger partial charge in [-0.1, -0.05) is 13.8 Å². The van der Waals surface area contributed by atoms with Crippen LogP contribution in [0.25, 0.3) is 0 Å². The Morgan fingerprint density at radius 2 is 2.12 bits per heavy atom. The molecule has 0 aliphatic heterocycles. The van der Waals surface area contributed by atoms with Crippen molar-refractivity contribution in [2.24, 2.45) is 5.92 Å². The standard InChI is InChI=1S/C13H19NO3/c1-5-17-13(16)12(9(2)3)14-7-6-10(4)8-11(14)15/h6-9,12H,5H2,1-4H3. The Bertz CT molecular complexity index is 448. The summed E-state index contributed by atoms with van der Waals surface area (Å²) in [6, 6.07) is 2.79. The summed E-state index contributed by atoms with van der Waals surface area (Å²) in [4.78, 5) is 23.7. The van der Waals surface area contributed by atoms with Gasteiger partial charge in [0.25, 0.3) is 5.56 Å². The average Bonchev–Trinajstić information content (AvgIpc) is 2.21. The topological polar surface area (TPSA) is 48.3 Å². The van der Waals surface area contributed by atoms with Crippen molar-refractivity contribution in [3.63, 3.8) is 0 Å². The Labute approximate surface area is 101 Å². The Hall–Kier alpha value is -1.58. The lowest BCUT2D eigenvalue weighted by Crippen LogP contribution is -2.33. The number of hydrogen-bond acceptors (Lipinski definition) is 3. The maximum Gasteiger partial charge on any atom is 0.329 e. The summed E-state index contributed by atoms with van der Waals surface area (Å²) in [7, 11) is 0. The third-order valence-corrected chi connectivity index (χ3v) is 2.56. The summed E-state index contributed by atoms with van der Waals surface area (Å²) >= 11 is 0. The summed E-state index contributed by atoms with van der Waals surface area (Å²) in [6.07, 6.45) is 1.65. The van der Waals surface area contributed by atoms with Crippen LogP contribution >= 0.6 is 0 Å². The molecule has 4 nitrogen and oxygen atoms in total. The first-order valence-corrected chi connectivity index (χ1v) is 5.82. The van der Waals surface area contributed by atoms with Gasteiger partial charge in [0.2, 0.25) is 0 Å². The first-order chi connectivity index (χ1) is 7.97. The molecule has 0 saturated carbocycles. The lowest BCUT2D eigenvalue weighted by molar-refractivity contribution is -0.148. The van der Waals surface area contributed by atoms with Crippen molar-refractivity contribution >= 4 is 5.97 Å². The molecule has 4 heteroatoms. The first-order valence-electron chi connectivity index (χ1n) is 5.82. The van der Waals surface area contributed by atoms with Crippen LogP contribution in [0, 0.1) is 12.8 Å². The van der Waals surface area contributed by atoms with E-state index in [4.69, 9.17) is 4.74 Å². The Morgan fingerprint density at radius 3 is 2.59 bits per heavy atom. The van der Waals surface area contributed by atoms with Crippen LogP contribution < -0.4 is 5.56 Å². The highest BCUT2D eigenvalue weighted by molar-refractivity contribution is 5.74. The molecule has 1 heterocycles. The fourth-order valence-electron chi connectivity index (χ4n) is 1.75. The van der Waals surface area contributed by atoms with Crippen molar-refractivity contribution in [2.45, 2.75) is 33.7 Å². The molecule has 0 radical (unpaired) electrons. The van der Waals surface area contributed by atoms with Crippen LogP contribution in [0.5, 0.6) is 0 Å². The van der Waals surface area contributed by atoms with Crippen LogP contribution in [0.2, 0.25) is 0 Å². The molecule has 0 aliphatic rings. The van der Waals surface area contributed by atoms with Crippen LogP contribution in [-0.2, 0) is 9.53 Å². The minimum absolute atomic E-state index is 0.00876. The number of pyridine rings is 1. The number of aromatic nitrogens is 1. The second-order valence-corrected chi connectivity index (χ2v) is 4.39. The SMILES string of the molecule is CCOC(=O)C(C(C)C)n1ccc(C)cc1=O. The molecule has 94 valence electrons. The van der Waals surface area contributed by atoms with E-state index in [-0.39, 0.29) is 17.4 Å². The van der Waals surface area contributed by atoms with Crippen LogP contribution in [0.4, 0.5) is 0 Å². The fraction of sp³-hybridized carbons (Fsp3) is 0.538. The van der Waals surface area contributed by atoms with Gasteiger partial charge in [-0.2, -0.15) is 0 Å². The number of ether oxygens (including phenoxy) is 1. The van der Waals surface area contributed by atoms with Crippen LogP contribution in [0.15, 0.2) is 23.1 Å². The van der Waals surface area contributed by atoms with Crippen molar-refractivity contribution in [2.75, 3.05) is 6.61 Å². The second-order valence-electron chi connectivity index (χ2n) is 4.39. The van der Waals surface area contributed by atoms with E-state index in [2.05, 4.69) is 0 Å².